The second-order valence-corrected chi connectivity index (χ2v) is 4.90. The first-order valence-corrected chi connectivity index (χ1v) is 6.95. The first kappa shape index (κ1) is 15.6. The number of aliphatic hydroxyl groups excluding tert-OH is 2. The number of para-hydroxylation sites is 1. The van der Waals surface area contributed by atoms with E-state index in [1.54, 1.807) is 18.2 Å². The molecule has 0 aliphatic rings. The molecular weight excluding hydrogens is 292 g/mol. The minimum atomic E-state index is -0.939. The average Bonchev–Trinajstić information content (AvgIpc) is 2.52. The minimum Gasteiger partial charge on any atom is -0.487 e. The highest BCUT2D eigenvalue weighted by molar-refractivity contribution is 6.32. The van der Waals surface area contributed by atoms with E-state index in [1.165, 1.54) is 0 Å². The quantitative estimate of drug-likeness (QED) is 0.825. The van der Waals surface area contributed by atoms with Crippen LogP contribution in [-0.4, -0.2) is 29.5 Å². The Labute approximate surface area is 128 Å². The van der Waals surface area contributed by atoms with Crippen molar-refractivity contribution in [3.8, 4) is 11.5 Å². The van der Waals surface area contributed by atoms with Crippen molar-refractivity contribution in [2.45, 2.75) is 12.7 Å². The topological polar surface area (TPSA) is 58.9 Å². The molecule has 0 amide bonds. The molecule has 2 aromatic rings. The highest BCUT2D eigenvalue weighted by Gasteiger charge is 2.12. The van der Waals surface area contributed by atoms with Crippen molar-refractivity contribution >= 4 is 11.6 Å². The van der Waals surface area contributed by atoms with Gasteiger partial charge in [-0.05, 0) is 17.7 Å². The molecule has 0 bridgehead atoms. The fraction of sp³-hybridized carbons (Fsp3) is 0.250. The molecule has 2 N–H and O–H groups in total. The fourth-order valence-electron chi connectivity index (χ4n) is 1.71. The van der Waals surface area contributed by atoms with Gasteiger partial charge in [0.05, 0.1) is 11.6 Å². The molecular formula is C16H17ClO4. The minimum absolute atomic E-state index is 0.0292. The number of hydrogen-bond acceptors (Lipinski definition) is 4. The Morgan fingerprint density at radius 3 is 2.48 bits per heavy atom. The lowest BCUT2D eigenvalue weighted by atomic mass is 10.2. The number of ether oxygens (including phenoxy) is 2. The van der Waals surface area contributed by atoms with Crippen LogP contribution in [0.4, 0.5) is 0 Å². The molecule has 2 rings (SSSR count). The summed E-state index contributed by atoms with van der Waals surface area (Å²) in [5.74, 6) is 0.860. The predicted molar refractivity (Wildman–Crippen MR) is 80.8 cm³/mol. The Bertz CT molecular complexity index is 559. The maximum atomic E-state index is 9.34. The normalized spacial score (nSPS) is 12.0. The largest absolute Gasteiger partial charge is 0.487 e. The molecule has 4 nitrogen and oxygen atoms in total. The van der Waals surface area contributed by atoms with Crippen molar-refractivity contribution in [3.63, 3.8) is 0 Å². The van der Waals surface area contributed by atoms with Crippen LogP contribution in [0.15, 0.2) is 48.5 Å². The van der Waals surface area contributed by atoms with Crippen LogP contribution in [0.1, 0.15) is 5.56 Å². The van der Waals surface area contributed by atoms with Gasteiger partial charge in [0.25, 0.3) is 0 Å². The van der Waals surface area contributed by atoms with Crippen molar-refractivity contribution < 1.29 is 19.7 Å². The van der Waals surface area contributed by atoms with Crippen LogP contribution >= 0.6 is 11.6 Å². The van der Waals surface area contributed by atoms with Gasteiger partial charge in [-0.3, -0.25) is 0 Å². The molecule has 0 aliphatic carbocycles. The SMILES string of the molecule is OC[C@@H](O)COc1cccc(Cl)c1OCc1ccccc1. The van der Waals surface area contributed by atoms with E-state index in [0.717, 1.165) is 5.56 Å². The molecule has 0 spiro atoms. The molecule has 112 valence electrons. The van der Waals surface area contributed by atoms with Gasteiger partial charge in [-0.15, -0.1) is 0 Å². The first-order chi connectivity index (χ1) is 10.2. The Kier molecular flexibility index (Phi) is 5.87. The molecule has 1 atom stereocenters. The van der Waals surface area contributed by atoms with E-state index in [2.05, 4.69) is 0 Å². The molecule has 0 unspecified atom stereocenters. The maximum Gasteiger partial charge on any atom is 0.180 e. The average molecular weight is 309 g/mol. The fourth-order valence-corrected chi connectivity index (χ4v) is 1.93. The third-order valence-electron chi connectivity index (χ3n) is 2.80. The van der Waals surface area contributed by atoms with Gasteiger partial charge in [-0.25, -0.2) is 0 Å². The lowest BCUT2D eigenvalue weighted by Crippen LogP contribution is -2.21. The first-order valence-electron chi connectivity index (χ1n) is 6.57. The van der Waals surface area contributed by atoms with E-state index < -0.39 is 6.10 Å². The number of aliphatic hydroxyl groups is 2. The van der Waals surface area contributed by atoms with E-state index in [4.69, 9.17) is 26.2 Å². The van der Waals surface area contributed by atoms with Gasteiger partial charge in [-0.2, -0.15) is 0 Å². The molecule has 0 fully saturated rings. The molecule has 21 heavy (non-hydrogen) atoms. The summed E-state index contributed by atoms with van der Waals surface area (Å²) in [6, 6.07) is 14.8. The zero-order valence-corrected chi connectivity index (χ0v) is 12.2. The molecule has 0 radical (unpaired) electrons. The highest BCUT2D eigenvalue weighted by Crippen LogP contribution is 2.35. The van der Waals surface area contributed by atoms with Gasteiger partial charge in [0.2, 0.25) is 0 Å². The molecule has 2 aromatic carbocycles. The summed E-state index contributed by atoms with van der Waals surface area (Å²) in [7, 11) is 0. The van der Waals surface area contributed by atoms with E-state index in [9.17, 15) is 5.11 Å². The number of hydrogen-bond donors (Lipinski definition) is 2. The van der Waals surface area contributed by atoms with Crippen molar-refractivity contribution in [1.29, 1.82) is 0 Å². The predicted octanol–water partition coefficient (Wildman–Crippen LogP) is 2.65. The van der Waals surface area contributed by atoms with Crippen LogP contribution in [0.2, 0.25) is 5.02 Å². The molecule has 0 saturated heterocycles. The summed E-state index contributed by atoms with van der Waals surface area (Å²) in [5, 5.41) is 18.6. The van der Waals surface area contributed by atoms with E-state index in [1.807, 2.05) is 30.3 Å². The summed E-state index contributed by atoms with van der Waals surface area (Å²) in [5.41, 5.74) is 1.01. The van der Waals surface area contributed by atoms with Gasteiger partial charge in [0.1, 0.15) is 19.3 Å². The second kappa shape index (κ2) is 7.88. The molecule has 5 heteroatoms. The molecule has 0 aromatic heterocycles. The van der Waals surface area contributed by atoms with Gasteiger partial charge in [0, 0.05) is 0 Å². The van der Waals surface area contributed by atoms with Crippen LogP contribution in [0.3, 0.4) is 0 Å². The standard InChI is InChI=1S/C16H17ClO4/c17-14-7-4-8-15(20-11-13(19)9-18)16(14)21-10-12-5-2-1-3-6-12/h1-8,13,18-19H,9-11H2/t13-/m1/s1. The monoisotopic (exact) mass is 308 g/mol. The number of rotatable bonds is 7. The maximum absolute atomic E-state index is 9.34. The van der Waals surface area contributed by atoms with Crippen LogP contribution in [-0.2, 0) is 6.61 Å². The lowest BCUT2D eigenvalue weighted by molar-refractivity contribution is 0.0524. The Morgan fingerprint density at radius 1 is 1.00 bits per heavy atom. The Hall–Kier alpha value is -1.75. The van der Waals surface area contributed by atoms with Crippen molar-refractivity contribution in [2.24, 2.45) is 0 Å². The molecule has 0 saturated carbocycles. The zero-order valence-electron chi connectivity index (χ0n) is 11.4. The summed E-state index contributed by atoms with van der Waals surface area (Å²) in [6.45, 7) is -0.0250. The van der Waals surface area contributed by atoms with Gasteiger partial charge < -0.3 is 19.7 Å². The Morgan fingerprint density at radius 2 is 1.76 bits per heavy atom. The van der Waals surface area contributed by atoms with E-state index in [-0.39, 0.29) is 13.2 Å². The summed E-state index contributed by atoms with van der Waals surface area (Å²) >= 11 is 6.13. The van der Waals surface area contributed by atoms with Crippen LogP contribution in [0.5, 0.6) is 11.5 Å². The zero-order chi connectivity index (χ0) is 15.1. The van der Waals surface area contributed by atoms with E-state index in [0.29, 0.717) is 23.1 Å². The van der Waals surface area contributed by atoms with Crippen LogP contribution in [0.25, 0.3) is 0 Å². The Balaban J connectivity index is 2.06. The van der Waals surface area contributed by atoms with Gasteiger partial charge in [-0.1, -0.05) is 48.0 Å². The third kappa shape index (κ3) is 4.63. The molecule has 0 heterocycles. The van der Waals surface area contributed by atoms with Gasteiger partial charge in [0.15, 0.2) is 11.5 Å². The number of benzene rings is 2. The summed E-state index contributed by atoms with van der Waals surface area (Å²) < 4.78 is 11.2. The molecule has 0 aliphatic heterocycles. The van der Waals surface area contributed by atoms with Gasteiger partial charge >= 0.3 is 0 Å². The van der Waals surface area contributed by atoms with Crippen LogP contribution < -0.4 is 9.47 Å². The summed E-state index contributed by atoms with van der Waals surface area (Å²) in [4.78, 5) is 0. The van der Waals surface area contributed by atoms with Crippen molar-refractivity contribution in [3.05, 3.63) is 59.1 Å². The second-order valence-electron chi connectivity index (χ2n) is 4.49. The summed E-state index contributed by atoms with van der Waals surface area (Å²) in [6.07, 6.45) is -0.939. The van der Waals surface area contributed by atoms with Crippen molar-refractivity contribution in [1.82, 2.24) is 0 Å². The smallest absolute Gasteiger partial charge is 0.180 e. The lowest BCUT2D eigenvalue weighted by Gasteiger charge is -2.15. The highest BCUT2D eigenvalue weighted by atomic mass is 35.5. The number of halogens is 1. The van der Waals surface area contributed by atoms with E-state index >= 15 is 0 Å². The van der Waals surface area contributed by atoms with Crippen molar-refractivity contribution in [2.75, 3.05) is 13.2 Å². The van der Waals surface area contributed by atoms with Crippen LogP contribution in [0, 0.1) is 0 Å². The third-order valence-corrected chi connectivity index (χ3v) is 3.10.